The highest BCUT2D eigenvalue weighted by Crippen LogP contribution is 2.24. The number of hydrogen-bond acceptors (Lipinski definition) is 6. The van der Waals surface area contributed by atoms with Gasteiger partial charge in [0.2, 0.25) is 0 Å². The van der Waals surface area contributed by atoms with Gasteiger partial charge in [-0.25, -0.2) is 8.91 Å². The summed E-state index contributed by atoms with van der Waals surface area (Å²) in [4.78, 5) is 0.0295. The second kappa shape index (κ2) is 6.68. The van der Waals surface area contributed by atoms with Crippen molar-refractivity contribution in [1.82, 2.24) is 19.8 Å². The smallest absolute Gasteiger partial charge is 0.340 e. The van der Waals surface area contributed by atoms with E-state index < -0.39 is 10.1 Å². The van der Waals surface area contributed by atoms with Crippen LogP contribution in [0.1, 0.15) is 11.3 Å². The average molecular weight is 398 g/mol. The molecule has 2 aromatic carbocycles. The second-order valence-corrected chi connectivity index (χ2v) is 7.79. The molecule has 0 atom stereocenters. The van der Waals surface area contributed by atoms with Gasteiger partial charge in [0.1, 0.15) is 10.7 Å². The van der Waals surface area contributed by atoms with E-state index in [0.717, 1.165) is 5.56 Å². The van der Waals surface area contributed by atoms with E-state index in [1.165, 1.54) is 34.8 Å². The minimum atomic E-state index is -4.04. The molecule has 4 aromatic rings. The molecule has 0 aliphatic rings. The lowest BCUT2D eigenvalue weighted by molar-refractivity contribution is 0.473. The Morgan fingerprint density at radius 2 is 1.64 bits per heavy atom. The molecular formula is C19H15FN4O3S. The van der Waals surface area contributed by atoms with Crippen LogP contribution in [0.4, 0.5) is 4.39 Å². The molecule has 142 valence electrons. The summed E-state index contributed by atoms with van der Waals surface area (Å²) in [5.74, 6) is -0.154. The van der Waals surface area contributed by atoms with Crippen LogP contribution >= 0.6 is 0 Å². The zero-order chi connectivity index (χ0) is 19.9. The molecule has 0 bridgehead atoms. The Labute approximate surface area is 160 Å². The van der Waals surface area contributed by atoms with Crippen LogP contribution in [0.5, 0.6) is 5.88 Å². The number of benzene rings is 2. The highest BCUT2D eigenvalue weighted by atomic mass is 32.2. The largest absolute Gasteiger partial charge is 0.356 e. The normalized spacial score (nSPS) is 11.7. The zero-order valence-electron chi connectivity index (χ0n) is 15.0. The molecule has 0 spiro atoms. The van der Waals surface area contributed by atoms with Crippen molar-refractivity contribution in [3.8, 4) is 17.3 Å². The lowest BCUT2D eigenvalue weighted by Crippen LogP contribution is -2.10. The van der Waals surface area contributed by atoms with Crippen LogP contribution in [0, 0.1) is 19.7 Å². The predicted molar refractivity (Wildman–Crippen MR) is 99.9 cm³/mol. The quantitative estimate of drug-likeness (QED) is 0.490. The lowest BCUT2D eigenvalue weighted by Gasteiger charge is -2.05. The fraction of sp³-hybridized carbons (Fsp3) is 0.105. The molecule has 2 heterocycles. The summed E-state index contributed by atoms with van der Waals surface area (Å²) in [5, 5.41) is 12.4. The van der Waals surface area contributed by atoms with Crippen LogP contribution in [-0.2, 0) is 10.1 Å². The summed E-state index contributed by atoms with van der Waals surface area (Å²) in [6.45, 7) is 3.58. The van der Waals surface area contributed by atoms with E-state index >= 15 is 0 Å². The van der Waals surface area contributed by atoms with Gasteiger partial charge in [-0.05, 0) is 50.2 Å². The van der Waals surface area contributed by atoms with Crippen LogP contribution < -0.4 is 4.18 Å². The zero-order valence-corrected chi connectivity index (χ0v) is 15.8. The van der Waals surface area contributed by atoms with E-state index in [1.54, 1.807) is 31.2 Å². The summed E-state index contributed by atoms with van der Waals surface area (Å²) in [6, 6.07) is 13.5. The van der Waals surface area contributed by atoms with Crippen molar-refractivity contribution < 1.29 is 17.0 Å². The highest BCUT2D eigenvalue weighted by Gasteiger charge is 2.20. The van der Waals surface area contributed by atoms with Crippen LogP contribution in [0.2, 0.25) is 0 Å². The van der Waals surface area contributed by atoms with Crippen molar-refractivity contribution in [3.05, 3.63) is 71.7 Å². The molecule has 0 amide bonds. The molecule has 0 aliphatic heterocycles. The predicted octanol–water partition coefficient (Wildman–Crippen LogP) is 3.31. The average Bonchev–Trinajstić information content (AvgIpc) is 3.07. The summed E-state index contributed by atoms with van der Waals surface area (Å²) in [7, 11) is -4.04. The molecule has 0 unspecified atom stereocenters. The summed E-state index contributed by atoms with van der Waals surface area (Å²) >= 11 is 0. The maximum Gasteiger partial charge on any atom is 0.340 e. The van der Waals surface area contributed by atoms with Gasteiger partial charge < -0.3 is 4.18 Å². The third-order valence-electron chi connectivity index (χ3n) is 4.16. The van der Waals surface area contributed by atoms with E-state index in [0.29, 0.717) is 22.6 Å². The fourth-order valence-electron chi connectivity index (χ4n) is 2.68. The number of nitrogens with zero attached hydrogens (tertiary/aromatic N) is 4. The monoisotopic (exact) mass is 398 g/mol. The Morgan fingerprint density at radius 3 is 2.32 bits per heavy atom. The molecule has 2 aromatic heterocycles. The van der Waals surface area contributed by atoms with Gasteiger partial charge in [0.25, 0.3) is 5.88 Å². The first-order valence-electron chi connectivity index (χ1n) is 8.34. The van der Waals surface area contributed by atoms with Crippen LogP contribution in [0.3, 0.4) is 0 Å². The number of fused-ring (bicyclic) bond motifs is 1. The van der Waals surface area contributed by atoms with Crippen molar-refractivity contribution in [2.75, 3.05) is 0 Å². The summed E-state index contributed by atoms with van der Waals surface area (Å²) in [5.41, 5.74) is 2.59. The van der Waals surface area contributed by atoms with E-state index in [2.05, 4.69) is 15.3 Å². The topological polar surface area (TPSA) is 86.5 Å². The number of aryl methyl sites for hydroxylation is 2. The molecule has 0 aliphatic carbocycles. The molecule has 9 heteroatoms. The Balaban J connectivity index is 1.77. The van der Waals surface area contributed by atoms with Crippen LogP contribution in [0.15, 0.2) is 59.5 Å². The first-order valence-corrected chi connectivity index (χ1v) is 9.74. The van der Waals surface area contributed by atoms with Gasteiger partial charge in [-0.15, -0.1) is 10.2 Å². The van der Waals surface area contributed by atoms with Crippen molar-refractivity contribution in [3.63, 3.8) is 0 Å². The van der Waals surface area contributed by atoms with Crippen molar-refractivity contribution in [2.24, 2.45) is 0 Å². The molecule has 0 fully saturated rings. The van der Waals surface area contributed by atoms with Gasteiger partial charge in [0.15, 0.2) is 5.82 Å². The third-order valence-corrected chi connectivity index (χ3v) is 5.40. The van der Waals surface area contributed by atoms with E-state index in [9.17, 15) is 12.8 Å². The van der Waals surface area contributed by atoms with Gasteiger partial charge in [0.05, 0.1) is 11.2 Å². The molecule has 0 radical (unpaired) electrons. The van der Waals surface area contributed by atoms with Crippen molar-refractivity contribution in [1.29, 1.82) is 0 Å². The number of aromatic nitrogens is 4. The molecular weight excluding hydrogens is 383 g/mol. The molecule has 4 rings (SSSR count). The Bertz CT molecular complexity index is 1270. The SMILES string of the molecule is Cc1ccc(S(=O)(=O)Oc2cc3c(C)nnc(-c4ccc(F)cc4)n3n2)cc1. The first-order chi connectivity index (χ1) is 13.3. The minimum absolute atomic E-state index is 0.0295. The van der Waals surface area contributed by atoms with Crippen molar-refractivity contribution in [2.45, 2.75) is 18.7 Å². The van der Waals surface area contributed by atoms with E-state index in [1.807, 2.05) is 6.92 Å². The second-order valence-electron chi connectivity index (χ2n) is 6.25. The highest BCUT2D eigenvalue weighted by molar-refractivity contribution is 7.87. The Kier molecular flexibility index (Phi) is 4.31. The first kappa shape index (κ1) is 18.1. The minimum Gasteiger partial charge on any atom is -0.356 e. The van der Waals surface area contributed by atoms with E-state index in [-0.39, 0.29) is 16.6 Å². The summed E-state index contributed by atoms with van der Waals surface area (Å²) in [6.07, 6.45) is 0. The molecule has 0 N–H and O–H groups in total. The third kappa shape index (κ3) is 3.31. The Hall–Kier alpha value is -3.33. The molecule has 0 saturated carbocycles. The Morgan fingerprint density at radius 1 is 0.964 bits per heavy atom. The van der Waals surface area contributed by atoms with Crippen molar-refractivity contribution >= 4 is 15.6 Å². The molecule has 0 saturated heterocycles. The number of halogens is 1. The summed E-state index contributed by atoms with van der Waals surface area (Å²) < 4.78 is 44.9. The maximum absolute atomic E-state index is 13.2. The van der Waals surface area contributed by atoms with Gasteiger partial charge in [-0.2, -0.15) is 13.5 Å². The number of rotatable bonds is 4. The standard InChI is InChI=1S/C19H15FN4O3S/c1-12-3-9-16(10-4-12)28(25,26)27-18-11-17-13(2)21-22-19(24(17)23-18)14-5-7-15(20)8-6-14/h3-11H,1-2H3. The molecule has 7 nitrogen and oxygen atoms in total. The van der Waals surface area contributed by atoms with Gasteiger partial charge in [-0.3, -0.25) is 0 Å². The molecule has 28 heavy (non-hydrogen) atoms. The fourth-order valence-corrected chi connectivity index (χ4v) is 3.55. The van der Waals surface area contributed by atoms with Crippen LogP contribution in [-0.4, -0.2) is 28.2 Å². The van der Waals surface area contributed by atoms with Gasteiger partial charge in [-0.1, -0.05) is 17.7 Å². The van der Waals surface area contributed by atoms with E-state index in [4.69, 9.17) is 4.18 Å². The maximum atomic E-state index is 13.2. The van der Waals surface area contributed by atoms with Gasteiger partial charge in [0, 0.05) is 11.6 Å². The lowest BCUT2D eigenvalue weighted by atomic mass is 10.2. The van der Waals surface area contributed by atoms with Gasteiger partial charge >= 0.3 is 10.1 Å². The number of hydrogen-bond donors (Lipinski definition) is 0. The van der Waals surface area contributed by atoms with Crippen LogP contribution in [0.25, 0.3) is 16.9 Å².